The highest BCUT2D eigenvalue weighted by molar-refractivity contribution is 6.31. The highest BCUT2D eigenvalue weighted by atomic mass is 35.5. The largest absolute Gasteiger partial charge is 0.361 e. The van der Waals surface area contributed by atoms with Crippen molar-refractivity contribution in [1.82, 2.24) is 20.4 Å². The zero-order valence-electron chi connectivity index (χ0n) is 15.7. The Morgan fingerprint density at radius 2 is 2.21 bits per heavy atom. The van der Waals surface area contributed by atoms with Crippen LogP contribution in [0.15, 0.2) is 35.0 Å². The van der Waals surface area contributed by atoms with Gasteiger partial charge >= 0.3 is 0 Å². The Kier molecular flexibility index (Phi) is 4.40. The molecule has 1 amide bonds. The maximum absolute atomic E-state index is 12.6. The molecular formula is C21H23ClN4O2. The summed E-state index contributed by atoms with van der Waals surface area (Å²) in [7, 11) is 0. The number of H-pyrrole nitrogens is 1. The fourth-order valence-corrected chi connectivity index (χ4v) is 4.29. The number of benzene rings is 1. The van der Waals surface area contributed by atoms with Crippen LogP contribution in [0, 0.1) is 5.92 Å². The van der Waals surface area contributed by atoms with Crippen molar-refractivity contribution < 1.29 is 9.32 Å². The molecule has 2 N–H and O–H groups in total. The summed E-state index contributed by atoms with van der Waals surface area (Å²) in [6.07, 6.45) is 4.31. The summed E-state index contributed by atoms with van der Waals surface area (Å²) in [6.45, 7) is 4.78. The lowest BCUT2D eigenvalue weighted by molar-refractivity contribution is 0.0922. The molecule has 7 heteroatoms. The van der Waals surface area contributed by atoms with E-state index in [0.717, 1.165) is 48.8 Å². The van der Waals surface area contributed by atoms with Crippen LogP contribution in [0.3, 0.4) is 0 Å². The van der Waals surface area contributed by atoms with Crippen molar-refractivity contribution in [2.45, 2.75) is 38.3 Å². The van der Waals surface area contributed by atoms with Crippen molar-refractivity contribution in [2.75, 3.05) is 13.1 Å². The number of aromatic nitrogens is 2. The Bertz CT molecular complexity index is 1020. The highest BCUT2D eigenvalue weighted by Gasteiger charge is 2.33. The molecule has 5 rings (SSSR count). The van der Waals surface area contributed by atoms with Gasteiger partial charge in [-0.2, -0.15) is 0 Å². The normalized spacial score (nSPS) is 22.8. The van der Waals surface area contributed by atoms with Crippen LogP contribution in [0.2, 0.25) is 5.02 Å². The molecule has 3 aromatic rings. The smallest absolute Gasteiger partial charge is 0.273 e. The number of nitrogens with zero attached hydrogens (tertiary/aromatic N) is 2. The first-order chi connectivity index (χ1) is 13.6. The number of fused-ring (bicyclic) bond motifs is 1. The van der Waals surface area contributed by atoms with Crippen LogP contribution in [0.25, 0.3) is 10.9 Å². The molecule has 1 saturated carbocycles. The van der Waals surface area contributed by atoms with E-state index in [1.165, 1.54) is 10.9 Å². The number of rotatable bonds is 5. The number of carbonyl (C=O) groups excluding carboxylic acids is 1. The minimum atomic E-state index is -0.143. The van der Waals surface area contributed by atoms with Gasteiger partial charge < -0.3 is 14.8 Å². The summed E-state index contributed by atoms with van der Waals surface area (Å²) in [5.74, 6) is 1.53. The molecule has 2 aromatic heterocycles. The molecule has 146 valence electrons. The fraction of sp³-hybridized carbons (Fsp3) is 0.429. The van der Waals surface area contributed by atoms with E-state index in [4.69, 9.17) is 16.1 Å². The molecule has 1 saturated heterocycles. The minimum absolute atomic E-state index is 0.105. The first-order valence-electron chi connectivity index (χ1n) is 9.82. The Balaban J connectivity index is 1.23. The second kappa shape index (κ2) is 6.94. The van der Waals surface area contributed by atoms with Gasteiger partial charge in [-0.15, -0.1) is 0 Å². The summed E-state index contributed by atoms with van der Waals surface area (Å²) in [6, 6.07) is 7.83. The Labute approximate surface area is 168 Å². The number of likely N-dealkylation sites (tertiary alicyclic amines) is 1. The molecule has 3 heterocycles. The summed E-state index contributed by atoms with van der Waals surface area (Å²) in [5.41, 5.74) is 2.69. The van der Waals surface area contributed by atoms with Crippen LogP contribution < -0.4 is 5.32 Å². The summed E-state index contributed by atoms with van der Waals surface area (Å²) >= 11 is 6.08. The van der Waals surface area contributed by atoms with Crippen molar-refractivity contribution in [3.63, 3.8) is 0 Å². The molecule has 1 aliphatic carbocycles. The van der Waals surface area contributed by atoms with E-state index < -0.39 is 0 Å². The van der Waals surface area contributed by atoms with Crippen LogP contribution >= 0.6 is 11.6 Å². The number of amides is 1. The molecule has 6 nitrogen and oxygen atoms in total. The van der Waals surface area contributed by atoms with Gasteiger partial charge in [0.2, 0.25) is 0 Å². The van der Waals surface area contributed by atoms with E-state index in [1.54, 1.807) is 6.07 Å². The summed E-state index contributed by atoms with van der Waals surface area (Å²) in [5, 5.41) is 9.02. The maximum atomic E-state index is 12.6. The third-order valence-corrected chi connectivity index (χ3v) is 6.10. The van der Waals surface area contributed by atoms with Crippen LogP contribution in [0.4, 0.5) is 0 Å². The molecule has 1 aromatic carbocycles. The molecule has 0 unspecified atom stereocenters. The van der Waals surface area contributed by atoms with Gasteiger partial charge in [0, 0.05) is 59.8 Å². The van der Waals surface area contributed by atoms with Crippen molar-refractivity contribution in [3.8, 4) is 0 Å². The van der Waals surface area contributed by atoms with Gasteiger partial charge in [0.25, 0.3) is 5.91 Å². The third kappa shape index (κ3) is 3.42. The second-order valence-electron chi connectivity index (χ2n) is 8.14. The highest BCUT2D eigenvalue weighted by Crippen LogP contribution is 2.40. The summed E-state index contributed by atoms with van der Waals surface area (Å²) in [4.78, 5) is 18.2. The van der Waals surface area contributed by atoms with E-state index in [0.29, 0.717) is 17.5 Å². The van der Waals surface area contributed by atoms with Crippen molar-refractivity contribution >= 4 is 28.4 Å². The van der Waals surface area contributed by atoms with Gasteiger partial charge in [-0.3, -0.25) is 9.69 Å². The standard InChI is InChI=1S/C21H23ClN4O2/c1-12-9-26(10-14-8-23-17-6-15(22)4-5-16(14)17)11-19(12)24-21(27)18-7-20(28-25-18)13-2-3-13/h4-8,12-13,19,23H,2-3,9-11H2,1H3,(H,24,27)/t12-,19-/m0/s1. The molecule has 2 aliphatic rings. The fourth-order valence-electron chi connectivity index (χ4n) is 4.11. The molecule has 0 radical (unpaired) electrons. The van der Waals surface area contributed by atoms with Gasteiger partial charge in [0.1, 0.15) is 5.76 Å². The number of hydrogen-bond donors (Lipinski definition) is 2. The molecule has 0 spiro atoms. The lowest BCUT2D eigenvalue weighted by Crippen LogP contribution is -2.39. The molecule has 28 heavy (non-hydrogen) atoms. The zero-order valence-corrected chi connectivity index (χ0v) is 16.5. The van der Waals surface area contributed by atoms with Crippen LogP contribution in [0.1, 0.15) is 47.5 Å². The molecule has 1 aliphatic heterocycles. The monoisotopic (exact) mass is 398 g/mol. The Morgan fingerprint density at radius 1 is 1.36 bits per heavy atom. The average Bonchev–Trinajstić information content (AvgIpc) is 3.11. The first kappa shape index (κ1) is 17.8. The first-order valence-corrected chi connectivity index (χ1v) is 10.2. The van der Waals surface area contributed by atoms with Crippen LogP contribution in [-0.2, 0) is 6.54 Å². The minimum Gasteiger partial charge on any atom is -0.361 e. The number of hydrogen-bond acceptors (Lipinski definition) is 4. The van der Waals surface area contributed by atoms with Gasteiger partial charge in [-0.25, -0.2) is 0 Å². The maximum Gasteiger partial charge on any atom is 0.273 e. The van der Waals surface area contributed by atoms with Crippen molar-refractivity contribution in [1.29, 1.82) is 0 Å². The van der Waals surface area contributed by atoms with Gasteiger partial charge in [0.05, 0.1) is 0 Å². The molecule has 2 atom stereocenters. The lowest BCUT2D eigenvalue weighted by atomic mass is 10.1. The van der Waals surface area contributed by atoms with E-state index in [1.807, 2.05) is 18.3 Å². The zero-order chi connectivity index (χ0) is 19.3. The summed E-state index contributed by atoms with van der Waals surface area (Å²) < 4.78 is 5.31. The van der Waals surface area contributed by atoms with E-state index in [9.17, 15) is 4.79 Å². The molecule has 0 bridgehead atoms. The molecule has 2 fully saturated rings. The average molecular weight is 399 g/mol. The number of aromatic amines is 1. The SMILES string of the molecule is C[C@H]1CN(Cc2c[nH]c3cc(Cl)ccc23)C[C@@H]1NC(=O)c1cc(C2CC2)on1. The van der Waals surface area contributed by atoms with E-state index in [2.05, 4.69) is 33.3 Å². The third-order valence-electron chi connectivity index (χ3n) is 5.87. The lowest BCUT2D eigenvalue weighted by Gasteiger charge is -2.16. The van der Waals surface area contributed by atoms with Crippen molar-refractivity contribution in [3.05, 3.63) is 52.5 Å². The topological polar surface area (TPSA) is 74.2 Å². The number of carbonyl (C=O) groups is 1. The molecular weight excluding hydrogens is 376 g/mol. The predicted molar refractivity (Wildman–Crippen MR) is 107 cm³/mol. The quantitative estimate of drug-likeness (QED) is 0.682. The van der Waals surface area contributed by atoms with Crippen LogP contribution in [-0.4, -0.2) is 40.1 Å². The van der Waals surface area contributed by atoms with Gasteiger partial charge in [0.15, 0.2) is 5.69 Å². The Morgan fingerprint density at radius 3 is 3.04 bits per heavy atom. The van der Waals surface area contributed by atoms with Gasteiger partial charge in [-0.1, -0.05) is 29.7 Å². The van der Waals surface area contributed by atoms with Crippen LogP contribution in [0.5, 0.6) is 0 Å². The van der Waals surface area contributed by atoms with E-state index in [-0.39, 0.29) is 11.9 Å². The second-order valence-corrected chi connectivity index (χ2v) is 8.58. The number of halogens is 1. The van der Waals surface area contributed by atoms with E-state index >= 15 is 0 Å². The van der Waals surface area contributed by atoms with Crippen molar-refractivity contribution in [2.24, 2.45) is 5.92 Å². The van der Waals surface area contributed by atoms with Gasteiger partial charge in [-0.05, 0) is 36.5 Å². The Hall–Kier alpha value is -2.31. The predicted octanol–water partition coefficient (Wildman–Crippen LogP) is 3.94. The number of nitrogens with one attached hydrogen (secondary N) is 2.